The van der Waals surface area contributed by atoms with Gasteiger partial charge in [0.05, 0.1) is 10.4 Å². The number of aryl methyl sites for hydroxylation is 1. The van der Waals surface area contributed by atoms with E-state index in [4.69, 9.17) is 0 Å². The van der Waals surface area contributed by atoms with Crippen LogP contribution in [0.1, 0.15) is 5.82 Å². The molecule has 31 heavy (non-hydrogen) atoms. The van der Waals surface area contributed by atoms with Crippen molar-refractivity contribution in [2.45, 2.75) is 16.7 Å². The molecule has 2 N–H and O–H groups in total. The van der Waals surface area contributed by atoms with Crippen molar-refractivity contribution >= 4 is 42.5 Å². The standard InChI is InChI=1S/C20H17N5O4S2/c1-14-21-13-11-19(23-14)25-30(26,27)17-9-7-16(8-10-17)24-31(28,29)18-6-2-4-15-5-3-12-22-20(15)18/h2-13,24H,1H3,(H,21,23,25). The average Bonchev–Trinajstić information content (AvgIpc) is 2.73. The molecule has 0 aliphatic heterocycles. The van der Waals surface area contributed by atoms with Crippen LogP contribution < -0.4 is 9.44 Å². The Kier molecular flexibility index (Phi) is 5.29. The summed E-state index contributed by atoms with van der Waals surface area (Å²) in [5.41, 5.74) is 0.561. The normalized spacial score (nSPS) is 11.9. The molecule has 0 bridgehead atoms. The summed E-state index contributed by atoms with van der Waals surface area (Å²) in [4.78, 5) is 12.1. The summed E-state index contributed by atoms with van der Waals surface area (Å²) >= 11 is 0. The summed E-state index contributed by atoms with van der Waals surface area (Å²) in [6.45, 7) is 1.64. The third kappa shape index (κ3) is 4.47. The predicted molar refractivity (Wildman–Crippen MR) is 117 cm³/mol. The summed E-state index contributed by atoms with van der Waals surface area (Å²) in [5, 5.41) is 0.692. The Bertz CT molecular complexity index is 1470. The second-order valence-corrected chi connectivity index (χ2v) is 9.89. The Labute approximate surface area is 179 Å². The SMILES string of the molecule is Cc1nccc(NS(=O)(=O)c2ccc(NS(=O)(=O)c3cccc4cccnc34)cc2)n1. The minimum Gasteiger partial charge on any atom is -0.280 e. The molecule has 2 aromatic heterocycles. The van der Waals surface area contributed by atoms with Crippen LogP contribution in [0, 0.1) is 6.92 Å². The third-order valence-corrected chi connectivity index (χ3v) is 7.10. The maximum atomic E-state index is 12.9. The van der Waals surface area contributed by atoms with Gasteiger partial charge in [-0.05, 0) is 49.4 Å². The van der Waals surface area contributed by atoms with Crippen LogP contribution in [0.15, 0.2) is 82.8 Å². The molecule has 0 saturated carbocycles. The number of hydrogen-bond acceptors (Lipinski definition) is 7. The number of sulfonamides is 2. The highest BCUT2D eigenvalue weighted by Gasteiger charge is 2.19. The van der Waals surface area contributed by atoms with E-state index in [2.05, 4.69) is 24.4 Å². The van der Waals surface area contributed by atoms with Gasteiger partial charge in [-0.3, -0.25) is 14.4 Å². The van der Waals surface area contributed by atoms with E-state index in [0.29, 0.717) is 16.7 Å². The summed E-state index contributed by atoms with van der Waals surface area (Å²) in [7, 11) is -7.84. The largest absolute Gasteiger partial charge is 0.280 e. The maximum Gasteiger partial charge on any atom is 0.264 e. The number of aromatic nitrogens is 3. The molecule has 0 atom stereocenters. The first-order valence-electron chi connectivity index (χ1n) is 9.04. The lowest BCUT2D eigenvalue weighted by Crippen LogP contribution is -2.15. The smallest absolute Gasteiger partial charge is 0.264 e. The molecule has 2 aromatic carbocycles. The summed E-state index contributed by atoms with van der Waals surface area (Å²) in [5.74, 6) is 0.564. The van der Waals surface area contributed by atoms with Gasteiger partial charge >= 0.3 is 0 Å². The summed E-state index contributed by atoms with van der Waals surface area (Å²) in [6.07, 6.45) is 2.97. The van der Waals surface area contributed by atoms with Gasteiger partial charge in [0, 0.05) is 23.5 Å². The van der Waals surface area contributed by atoms with Gasteiger partial charge in [-0.25, -0.2) is 26.8 Å². The molecule has 4 aromatic rings. The van der Waals surface area contributed by atoms with E-state index in [-0.39, 0.29) is 21.3 Å². The van der Waals surface area contributed by atoms with Crippen LogP contribution in [-0.2, 0) is 20.0 Å². The lowest BCUT2D eigenvalue weighted by atomic mass is 10.2. The zero-order chi connectivity index (χ0) is 22.1. The van der Waals surface area contributed by atoms with Crippen molar-refractivity contribution in [2.75, 3.05) is 9.44 Å². The van der Waals surface area contributed by atoms with Crippen molar-refractivity contribution in [1.82, 2.24) is 15.0 Å². The Balaban J connectivity index is 1.58. The quantitative estimate of drug-likeness (QED) is 0.457. The fourth-order valence-corrected chi connectivity index (χ4v) is 5.16. The molecular formula is C20H17N5O4S2. The highest BCUT2D eigenvalue weighted by atomic mass is 32.2. The molecule has 9 nitrogen and oxygen atoms in total. The minimum absolute atomic E-state index is 0.0306. The number of anilines is 2. The van der Waals surface area contributed by atoms with E-state index in [0.717, 1.165) is 0 Å². The molecule has 0 saturated heterocycles. The lowest BCUT2D eigenvalue weighted by Gasteiger charge is -2.11. The first kappa shape index (κ1) is 20.7. The molecule has 0 fully saturated rings. The Morgan fingerprint density at radius 1 is 0.742 bits per heavy atom. The van der Waals surface area contributed by atoms with Crippen LogP contribution in [0.3, 0.4) is 0 Å². The molecule has 11 heteroatoms. The molecule has 0 unspecified atom stereocenters. The van der Waals surface area contributed by atoms with Gasteiger partial charge in [0.1, 0.15) is 16.5 Å². The first-order valence-corrected chi connectivity index (χ1v) is 12.0. The zero-order valence-electron chi connectivity index (χ0n) is 16.2. The van der Waals surface area contributed by atoms with Crippen LogP contribution in [0.5, 0.6) is 0 Å². The van der Waals surface area contributed by atoms with Crippen LogP contribution in [0.4, 0.5) is 11.5 Å². The minimum atomic E-state index is -3.94. The van der Waals surface area contributed by atoms with Gasteiger partial charge < -0.3 is 0 Å². The number of hydrogen-bond donors (Lipinski definition) is 2. The van der Waals surface area contributed by atoms with Crippen molar-refractivity contribution in [3.8, 4) is 0 Å². The number of pyridine rings is 1. The molecule has 2 heterocycles. The van der Waals surface area contributed by atoms with Gasteiger partial charge in [-0.15, -0.1) is 0 Å². The molecule has 158 valence electrons. The topological polar surface area (TPSA) is 131 Å². The Morgan fingerprint density at radius 2 is 1.48 bits per heavy atom. The third-order valence-electron chi connectivity index (χ3n) is 4.32. The van der Waals surface area contributed by atoms with E-state index < -0.39 is 20.0 Å². The summed E-state index contributed by atoms with van der Waals surface area (Å²) in [6, 6.07) is 15.1. The number of nitrogens with zero attached hydrogens (tertiary/aromatic N) is 3. The van der Waals surface area contributed by atoms with Gasteiger partial charge in [-0.1, -0.05) is 18.2 Å². The molecule has 0 aliphatic carbocycles. The van der Waals surface area contributed by atoms with E-state index >= 15 is 0 Å². The molecule has 0 amide bonds. The van der Waals surface area contributed by atoms with Crippen LogP contribution in [0.25, 0.3) is 10.9 Å². The molecule has 0 radical (unpaired) electrons. The van der Waals surface area contributed by atoms with Crippen molar-refractivity contribution in [1.29, 1.82) is 0 Å². The van der Waals surface area contributed by atoms with Crippen molar-refractivity contribution < 1.29 is 16.8 Å². The number of rotatable bonds is 6. The van der Waals surface area contributed by atoms with E-state index in [1.165, 1.54) is 48.8 Å². The van der Waals surface area contributed by atoms with Gasteiger partial charge in [0.2, 0.25) is 0 Å². The van der Waals surface area contributed by atoms with E-state index in [1.807, 2.05) is 0 Å². The molecular weight excluding hydrogens is 438 g/mol. The maximum absolute atomic E-state index is 12.9. The van der Waals surface area contributed by atoms with Crippen molar-refractivity contribution in [3.63, 3.8) is 0 Å². The highest BCUT2D eigenvalue weighted by Crippen LogP contribution is 2.24. The second-order valence-electron chi connectivity index (χ2n) is 6.56. The molecule has 4 rings (SSSR count). The van der Waals surface area contributed by atoms with Crippen molar-refractivity contribution in [2.24, 2.45) is 0 Å². The monoisotopic (exact) mass is 455 g/mol. The molecule has 0 aliphatic rings. The van der Waals surface area contributed by atoms with Crippen molar-refractivity contribution in [3.05, 3.63) is 78.9 Å². The number of fused-ring (bicyclic) bond motifs is 1. The fourth-order valence-electron chi connectivity index (χ4n) is 2.91. The van der Waals surface area contributed by atoms with Gasteiger partial charge in [-0.2, -0.15) is 0 Å². The Morgan fingerprint density at radius 3 is 2.23 bits per heavy atom. The van der Waals surface area contributed by atoms with Gasteiger partial charge in [0.25, 0.3) is 20.0 Å². The fraction of sp³-hybridized carbons (Fsp3) is 0.0500. The Hall–Kier alpha value is -3.57. The highest BCUT2D eigenvalue weighted by molar-refractivity contribution is 7.93. The van der Waals surface area contributed by atoms with Gasteiger partial charge in [0.15, 0.2) is 0 Å². The molecule has 0 spiro atoms. The predicted octanol–water partition coefficient (Wildman–Crippen LogP) is 2.93. The van der Waals surface area contributed by atoms with E-state index in [1.54, 1.807) is 31.2 Å². The first-order chi connectivity index (χ1) is 14.7. The number of para-hydroxylation sites is 1. The van der Waals surface area contributed by atoms with Crippen LogP contribution in [0.2, 0.25) is 0 Å². The zero-order valence-corrected chi connectivity index (χ0v) is 17.9. The van der Waals surface area contributed by atoms with E-state index in [9.17, 15) is 16.8 Å². The average molecular weight is 456 g/mol. The lowest BCUT2D eigenvalue weighted by molar-refractivity contribution is 0.600. The second kappa shape index (κ2) is 7.93. The number of benzene rings is 2. The number of nitrogens with one attached hydrogen (secondary N) is 2. The van der Waals surface area contributed by atoms with Crippen LogP contribution in [-0.4, -0.2) is 31.8 Å². The van der Waals surface area contributed by atoms with Crippen LogP contribution >= 0.6 is 0 Å². The summed E-state index contributed by atoms with van der Waals surface area (Å²) < 4.78 is 55.7.